The lowest BCUT2D eigenvalue weighted by Crippen LogP contribution is -2.41. The van der Waals surface area contributed by atoms with Gasteiger partial charge in [-0.2, -0.15) is 0 Å². The molecular weight excluding hydrogens is 326 g/mol. The molecule has 3 rings (SSSR count). The van der Waals surface area contributed by atoms with Gasteiger partial charge in [-0.25, -0.2) is 8.78 Å². The zero-order valence-corrected chi connectivity index (χ0v) is 14.5. The predicted molar refractivity (Wildman–Crippen MR) is 90.4 cm³/mol. The van der Waals surface area contributed by atoms with Crippen molar-refractivity contribution in [1.82, 2.24) is 9.80 Å². The summed E-state index contributed by atoms with van der Waals surface area (Å²) in [5.41, 5.74) is 1.47. The molecule has 0 aromatic heterocycles. The van der Waals surface area contributed by atoms with Crippen molar-refractivity contribution in [3.63, 3.8) is 0 Å². The normalized spacial score (nSPS) is 20.8. The van der Waals surface area contributed by atoms with E-state index in [0.717, 1.165) is 18.5 Å². The highest BCUT2D eigenvalue weighted by molar-refractivity contribution is 5.94. The van der Waals surface area contributed by atoms with Gasteiger partial charge in [0.15, 0.2) is 0 Å². The topological polar surface area (TPSA) is 40.6 Å². The summed E-state index contributed by atoms with van der Waals surface area (Å²) in [6.45, 7) is 1.27. The smallest absolute Gasteiger partial charge is 0.253 e. The molecule has 1 aliphatic carbocycles. The van der Waals surface area contributed by atoms with Gasteiger partial charge in [0.05, 0.1) is 0 Å². The Morgan fingerprint density at radius 3 is 2.68 bits per heavy atom. The molecule has 1 aromatic rings. The first kappa shape index (κ1) is 17.8. The molecule has 25 heavy (non-hydrogen) atoms. The molecule has 0 bridgehead atoms. The van der Waals surface area contributed by atoms with Gasteiger partial charge in [0.2, 0.25) is 11.8 Å². The Labute approximate surface area is 146 Å². The summed E-state index contributed by atoms with van der Waals surface area (Å²) in [7, 11) is 1.69. The third-order valence-corrected chi connectivity index (χ3v) is 5.27. The molecule has 1 saturated carbocycles. The Bertz CT molecular complexity index is 653. The van der Waals surface area contributed by atoms with Crippen LogP contribution in [0.25, 0.3) is 0 Å². The minimum absolute atomic E-state index is 0.143. The molecular formula is C19H24F2N2O2. The molecule has 0 atom stereocenters. The number of benzene rings is 1. The van der Waals surface area contributed by atoms with Crippen molar-refractivity contribution in [2.75, 3.05) is 13.6 Å². The van der Waals surface area contributed by atoms with Crippen molar-refractivity contribution in [1.29, 1.82) is 0 Å². The fourth-order valence-corrected chi connectivity index (χ4v) is 3.68. The number of amides is 2. The molecule has 0 unspecified atom stereocenters. The highest BCUT2D eigenvalue weighted by atomic mass is 19.3. The minimum Gasteiger partial charge on any atom is -0.339 e. The Morgan fingerprint density at radius 1 is 1.32 bits per heavy atom. The summed E-state index contributed by atoms with van der Waals surface area (Å²) in [5, 5.41) is 0. The van der Waals surface area contributed by atoms with E-state index in [2.05, 4.69) is 0 Å². The molecule has 1 aliphatic heterocycles. The largest absolute Gasteiger partial charge is 0.339 e. The lowest BCUT2D eigenvalue weighted by molar-refractivity contribution is -0.128. The average molecular weight is 350 g/mol. The SMILES string of the molecule is CN(C(=O)c1cccc(CN2CCCC2=O)c1)C1CCC(F)(F)CC1. The van der Waals surface area contributed by atoms with Crippen molar-refractivity contribution < 1.29 is 18.4 Å². The van der Waals surface area contributed by atoms with E-state index < -0.39 is 5.92 Å². The Kier molecular flexibility index (Phi) is 5.06. The van der Waals surface area contributed by atoms with Crippen LogP contribution in [0.2, 0.25) is 0 Å². The van der Waals surface area contributed by atoms with E-state index in [9.17, 15) is 18.4 Å². The zero-order chi connectivity index (χ0) is 18.0. The van der Waals surface area contributed by atoms with Gasteiger partial charge in [-0.3, -0.25) is 9.59 Å². The zero-order valence-electron chi connectivity index (χ0n) is 14.5. The van der Waals surface area contributed by atoms with Gasteiger partial charge >= 0.3 is 0 Å². The van der Waals surface area contributed by atoms with Crippen molar-refractivity contribution in [2.24, 2.45) is 0 Å². The summed E-state index contributed by atoms with van der Waals surface area (Å²) in [4.78, 5) is 27.9. The fraction of sp³-hybridized carbons (Fsp3) is 0.579. The second-order valence-corrected chi connectivity index (χ2v) is 7.12. The van der Waals surface area contributed by atoms with Crippen LogP contribution in [0.15, 0.2) is 24.3 Å². The van der Waals surface area contributed by atoms with Crippen molar-refractivity contribution in [3.8, 4) is 0 Å². The summed E-state index contributed by atoms with van der Waals surface area (Å²) in [6, 6.07) is 7.12. The molecule has 0 radical (unpaired) electrons. The van der Waals surface area contributed by atoms with E-state index in [1.807, 2.05) is 18.2 Å². The number of hydrogen-bond donors (Lipinski definition) is 0. The van der Waals surface area contributed by atoms with Crippen LogP contribution in [0.3, 0.4) is 0 Å². The van der Waals surface area contributed by atoms with Crippen molar-refractivity contribution >= 4 is 11.8 Å². The van der Waals surface area contributed by atoms with E-state index >= 15 is 0 Å². The van der Waals surface area contributed by atoms with Crippen LogP contribution in [0.1, 0.15) is 54.4 Å². The van der Waals surface area contributed by atoms with E-state index in [1.54, 1.807) is 22.9 Å². The van der Waals surface area contributed by atoms with Gasteiger partial charge in [0.25, 0.3) is 5.91 Å². The summed E-state index contributed by atoms with van der Waals surface area (Å²) < 4.78 is 26.6. The van der Waals surface area contributed by atoms with Crippen molar-refractivity contribution in [3.05, 3.63) is 35.4 Å². The Balaban J connectivity index is 1.65. The number of alkyl halides is 2. The predicted octanol–water partition coefficient (Wildman–Crippen LogP) is 3.46. The monoisotopic (exact) mass is 350 g/mol. The van der Waals surface area contributed by atoms with Crippen LogP contribution in [-0.2, 0) is 11.3 Å². The second kappa shape index (κ2) is 7.10. The maximum Gasteiger partial charge on any atom is 0.253 e. The Hall–Kier alpha value is -1.98. The number of hydrogen-bond acceptors (Lipinski definition) is 2. The number of halogens is 2. The van der Waals surface area contributed by atoms with Gasteiger partial charge in [-0.05, 0) is 37.0 Å². The quantitative estimate of drug-likeness (QED) is 0.834. The molecule has 2 amide bonds. The number of rotatable bonds is 4. The first-order chi connectivity index (χ1) is 11.9. The molecule has 0 spiro atoms. The molecule has 2 aliphatic rings. The third kappa shape index (κ3) is 4.17. The maximum atomic E-state index is 13.3. The molecule has 1 aromatic carbocycles. The average Bonchev–Trinajstić information content (AvgIpc) is 2.99. The number of nitrogens with zero attached hydrogens (tertiary/aromatic N) is 2. The van der Waals surface area contributed by atoms with Gasteiger partial charge in [-0.1, -0.05) is 12.1 Å². The summed E-state index contributed by atoms with van der Waals surface area (Å²) in [6.07, 6.45) is 1.81. The van der Waals surface area contributed by atoms with Gasteiger partial charge in [0, 0.05) is 51.0 Å². The highest BCUT2D eigenvalue weighted by Crippen LogP contribution is 2.35. The molecule has 0 N–H and O–H groups in total. The number of likely N-dealkylation sites (tertiary alicyclic amines) is 1. The van der Waals surface area contributed by atoms with Crippen LogP contribution in [-0.4, -0.2) is 47.2 Å². The van der Waals surface area contributed by atoms with E-state index in [4.69, 9.17) is 0 Å². The molecule has 1 saturated heterocycles. The van der Waals surface area contributed by atoms with E-state index in [0.29, 0.717) is 31.4 Å². The van der Waals surface area contributed by atoms with E-state index in [1.165, 1.54) is 0 Å². The fourth-order valence-electron chi connectivity index (χ4n) is 3.68. The first-order valence-corrected chi connectivity index (χ1v) is 8.87. The first-order valence-electron chi connectivity index (χ1n) is 8.87. The van der Waals surface area contributed by atoms with Gasteiger partial charge < -0.3 is 9.80 Å². The van der Waals surface area contributed by atoms with Crippen LogP contribution >= 0.6 is 0 Å². The highest BCUT2D eigenvalue weighted by Gasteiger charge is 2.37. The maximum absolute atomic E-state index is 13.3. The summed E-state index contributed by atoms with van der Waals surface area (Å²) in [5.74, 6) is -2.59. The number of carbonyl (C=O) groups excluding carboxylic acids is 2. The molecule has 1 heterocycles. The van der Waals surface area contributed by atoms with Gasteiger partial charge in [-0.15, -0.1) is 0 Å². The third-order valence-electron chi connectivity index (χ3n) is 5.27. The van der Waals surface area contributed by atoms with E-state index in [-0.39, 0.29) is 30.7 Å². The molecule has 2 fully saturated rings. The molecule has 4 nitrogen and oxygen atoms in total. The Morgan fingerprint density at radius 2 is 2.04 bits per heavy atom. The van der Waals surface area contributed by atoms with Crippen LogP contribution in [0.5, 0.6) is 0 Å². The lowest BCUT2D eigenvalue weighted by Gasteiger charge is -2.34. The number of carbonyl (C=O) groups is 2. The van der Waals surface area contributed by atoms with Crippen LogP contribution in [0, 0.1) is 0 Å². The molecule has 136 valence electrons. The van der Waals surface area contributed by atoms with Crippen molar-refractivity contribution in [2.45, 2.75) is 57.0 Å². The minimum atomic E-state index is -2.59. The lowest BCUT2D eigenvalue weighted by atomic mass is 9.91. The van der Waals surface area contributed by atoms with Gasteiger partial charge in [0.1, 0.15) is 0 Å². The standard InChI is InChI=1S/C19H24F2N2O2/c1-22(16-7-9-19(20,21)10-8-16)18(25)15-5-2-4-14(12-15)13-23-11-3-6-17(23)24/h2,4-5,12,16H,3,6-11,13H2,1H3. The second-order valence-electron chi connectivity index (χ2n) is 7.12. The summed E-state index contributed by atoms with van der Waals surface area (Å²) >= 11 is 0. The molecule has 6 heteroatoms. The van der Waals surface area contributed by atoms with Crippen LogP contribution < -0.4 is 0 Å². The van der Waals surface area contributed by atoms with Crippen LogP contribution in [0.4, 0.5) is 8.78 Å².